The van der Waals surface area contributed by atoms with Crippen molar-refractivity contribution in [1.82, 2.24) is 5.32 Å². The minimum Gasteiger partial charge on any atom is -0.481 e. The van der Waals surface area contributed by atoms with Crippen molar-refractivity contribution in [1.29, 1.82) is 0 Å². The fraction of sp³-hybridized carbons (Fsp3) is 0.462. The average Bonchev–Trinajstić information content (AvgIpc) is 2.35. The molecule has 0 spiro atoms. The number of non-ortho nitro benzene ring substituents is 1. The summed E-state index contributed by atoms with van der Waals surface area (Å²) < 4.78 is 13.6. The average molecular weight is 284 g/mol. The van der Waals surface area contributed by atoms with E-state index in [1.54, 1.807) is 13.8 Å². The number of hydrogen-bond donors (Lipinski definition) is 2. The Bertz CT molecular complexity index is 517. The highest BCUT2D eigenvalue weighted by molar-refractivity contribution is 5.73. The van der Waals surface area contributed by atoms with Crippen molar-refractivity contribution in [3.05, 3.63) is 39.7 Å². The van der Waals surface area contributed by atoms with Gasteiger partial charge in [-0.15, -0.1) is 0 Å². The van der Waals surface area contributed by atoms with Gasteiger partial charge in [0.25, 0.3) is 5.69 Å². The lowest BCUT2D eigenvalue weighted by molar-refractivity contribution is -0.385. The van der Waals surface area contributed by atoms with Crippen LogP contribution in [0.5, 0.6) is 0 Å². The summed E-state index contributed by atoms with van der Waals surface area (Å²) >= 11 is 0. The highest BCUT2D eigenvalue weighted by atomic mass is 19.1. The Hall–Kier alpha value is -2.02. The zero-order valence-electron chi connectivity index (χ0n) is 11.4. The highest BCUT2D eigenvalue weighted by Crippen LogP contribution is 2.20. The monoisotopic (exact) mass is 284 g/mol. The predicted molar refractivity (Wildman–Crippen MR) is 70.8 cm³/mol. The molecule has 0 aliphatic carbocycles. The quantitative estimate of drug-likeness (QED) is 0.455. The number of carboxylic acid groups (broad SMARTS) is 1. The van der Waals surface area contributed by atoms with Crippen molar-refractivity contribution in [2.45, 2.75) is 26.8 Å². The highest BCUT2D eigenvalue weighted by Gasteiger charge is 2.26. The number of aliphatic carboxylic acids is 1. The molecule has 0 aliphatic heterocycles. The second-order valence-electron chi connectivity index (χ2n) is 5.15. The van der Waals surface area contributed by atoms with E-state index >= 15 is 0 Å². The van der Waals surface area contributed by atoms with Gasteiger partial charge < -0.3 is 10.4 Å². The minimum absolute atomic E-state index is 0.194. The first-order valence-electron chi connectivity index (χ1n) is 6.11. The van der Waals surface area contributed by atoms with Gasteiger partial charge in [0, 0.05) is 18.2 Å². The van der Waals surface area contributed by atoms with Gasteiger partial charge >= 0.3 is 5.97 Å². The number of benzene rings is 1. The normalized spacial score (nSPS) is 11.3. The number of carboxylic acids is 1. The molecule has 2 N–H and O–H groups in total. The van der Waals surface area contributed by atoms with Gasteiger partial charge in [-0.2, -0.15) is 0 Å². The van der Waals surface area contributed by atoms with E-state index in [1.165, 1.54) is 12.1 Å². The van der Waals surface area contributed by atoms with Crippen molar-refractivity contribution in [3.8, 4) is 0 Å². The van der Waals surface area contributed by atoms with Crippen LogP contribution in [0.25, 0.3) is 0 Å². The molecule has 20 heavy (non-hydrogen) atoms. The molecule has 0 saturated carbocycles. The van der Waals surface area contributed by atoms with Crippen LogP contribution in [0.3, 0.4) is 0 Å². The van der Waals surface area contributed by atoms with Crippen LogP contribution in [-0.2, 0) is 11.3 Å². The van der Waals surface area contributed by atoms with Crippen molar-refractivity contribution in [2.75, 3.05) is 6.54 Å². The molecule has 0 atom stereocenters. The third kappa shape index (κ3) is 4.27. The molecule has 0 aromatic heterocycles. The maximum Gasteiger partial charge on any atom is 0.309 e. The largest absolute Gasteiger partial charge is 0.481 e. The molecule has 110 valence electrons. The smallest absolute Gasteiger partial charge is 0.309 e. The summed E-state index contributed by atoms with van der Waals surface area (Å²) in [6.07, 6.45) is 0.400. The summed E-state index contributed by atoms with van der Waals surface area (Å²) in [6.45, 7) is 3.84. The Morgan fingerprint density at radius 3 is 2.65 bits per heavy atom. The maximum absolute atomic E-state index is 13.6. The molecule has 1 rings (SSSR count). The van der Waals surface area contributed by atoms with Crippen molar-refractivity contribution in [3.63, 3.8) is 0 Å². The Morgan fingerprint density at radius 1 is 1.50 bits per heavy atom. The Morgan fingerprint density at radius 2 is 2.15 bits per heavy atom. The second-order valence-corrected chi connectivity index (χ2v) is 5.15. The summed E-state index contributed by atoms with van der Waals surface area (Å²) in [5, 5.41) is 22.3. The van der Waals surface area contributed by atoms with Crippen LogP contribution < -0.4 is 5.32 Å². The van der Waals surface area contributed by atoms with Crippen molar-refractivity contribution >= 4 is 11.7 Å². The molecule has 0 unspecified atom stereocenters. The second kappa shape index (κ2) is 6.42. The van der Waals surface area contributed by atoms with E-state index < -0.39 is 22.1 Å². The number of halogens is 1. The molecule has 1 aromatic rings. The summed E-state index contributed by atoms with van der Waals surface area (Å²) in [5.41, 5.74) is -0.830. The lowest BCUT2D eigenvalue weighted by Crippen LogP contribution is -2.29. The number of carbonyl (C=O) groups is 1. The number of nitro benzene ring substituents is 1. The minimum atomic E-state index is -0.888. The molecule has 1 aromatic carbocycles. The van der Waals surface area contributed by atoms with Crippen LogP contribution in [0, 0.1) is 21.3 Å². The van der Waals surface area contributed by atoms with Crippen molar-refractivity contribution in [2.24, 2.45) is 5.41 Å². The molecular weight excluding hydrogens is 267 g/mol. The number of nitro groups is 1. The van der Waals surface area contributed by atoms with Crippen LogP contribution in [0.4, 0.5) is 10.1 Å². The molecule has 7 heteroatoms. The zero-order valence-corrected chi connectivity index (χ0v) is 11.4. The van der Waals surface area contributed by atoms with E-state index in [2.05, 4.69) is 5.32 Å². The molecule has 0 fully saturated rings. The number of nitrogens with zero attached hydrogens (tertiary/aromatic N) is 1. The molecule has 0 radical (unpaired) electrons. The van der Waals surface area contributed by atoms with E-state index in [9.17, 15) is 19.3 Å². The first kappa shape index (κ1) is 16.0. The van der Waals surface area contributed by atoms with E-state index in [4.69, 9.17) is 5.11 Å². The Kier molecular flexibility index (Phi) is 5.15. The fourth-order valence-corrected chi connectivity index (χ4v) is 1.52. The number of nitrogens with one attached hydrogen (secondary N) is 1. The van der Waals surface area contributed by atoms with Crippen molar-refractivity contribution < 1.29 is 19.2 Å². The summed E-state index contributed by atoms with van der Waals surface area (Å²) in [7, 11) is 0. The van der Waals surface area contributed by atoms with Crippen LogP contribution in [0.2, 0.25) is 0 Å². The van der Waals surface area contributed by atoms with Gasteiger partial charge in [0.15, 0.2) is 0 Å². The Balaban J connectivity index is 2.51. The Labute approximate surface area is 115 Å². The van der Waals surface area contributed by atoms with E-state index in [1.807, 2.05) is 0 Å². The zero-order chi connectivity index (χ0) is 15.3. The first-order chi connectivity index (χ1) is 9.24. The topological polar surface area (TPSA) is 92.5 Å². The maximum atomic E-state index is 13.6. The molecule has 6 nitrogen and oxygen atoms in total. The fourth-order valence-electron chi connectivity index (χ4n) is 1.52. The molecule has 0 bridgehead atoms. The van der Waals surface area contributed by atoms with Gasteiger partial charge in [-0.25, -0.2) is 4.39 Å². The van der Waals surface area contributed by atoms with Crippen LogP contribution in [-0.4, -0.2) is 22.5 Å². The molecular formula is C13H17FN2O4. The van der Waals surface area contributed by atoms with Gasteiger partial charge in [0.05, 0.1) is 16.4 Å². The molecule has 0 heterocycles. The summed E-state index contributed by atoms with van der Waals surface area (Å²) in [6, 6.07) is 3.46. The molecule has 0 aliphatic rings. The van der Waals surface area contributed by atoms with Crippen LogP contribution in [0.1, 0.15) is 25.8 Å². The molecule has 0 saturated heterocycles. The van der Waals surface area contributed by atoms with Gasteiger partial charge in [-0.3, -0.25) is 14.9 Å². The van der Waals surface area contributed by atoms with E-state index in [-0.39, 0.29) is 12.2 Å². The summed E-state index contributed by atoms with van der Waals surface area (Å²) in [4.78, 5) is 20.7. The standard InChI is InChI=1S/C13H17FN2O4/c1-13(2,12(17)18)5-6-15-8-9-3-4-10(16(19)20)7-11(9)14/h3-4,7,15H,5-6,8H2,1-2H3,(H,17,18). The predicted octanol–water partition coefficient (Wildman–Crippen LogP) is 2.32. The lowest BCUT2D eigenvalue weighted by Gasteiger charge is -2.19. The van der Waals surface area contributed by atoms with Gasteiger partial charge in [0.2, 0.25) is 0 Å². The number of hydrogen-bond acceptors (Lipinski definition) is 4. The molecule has 0 amide bonds. The van der Waals surface area contributed by atoms with Gasteiger partial charge in [-0.1, -0.05) is 0 Å². The van der Waals surface area contributed by atoms with E-state index in [0.29, 0.717) is 18.5 Å². The van der Waals surface area contributed by atoms with Crippen LogP contribution >= 0.6 is 0 Å². The third-order valence-electron chi connectivity index (χ3n) is 3.07. The number of rotatable bonds is 7. The third-order valence-corrected chi connectivity index (χ3v) is 3.07. The van der Waals surface area contributed by atoms with Crippen LogP contribution in [0.15, 0.2) is 18.2 Å². The van der Waals surface area contributed by atoms with Gasteiger partial charge in [-0.05, 0) is 32.9 Å². The first-order valence-corrected chi connectivity index (χ1v) is 6.11. The van der Waals surface area contributed by atoms with E-state index in [0.717, 1.165) is 6.07 Å². The van der Waals surface area contributed by atoms with Gasteiger partial charge in [0.1, 0.15) is 5.82 Å². The summed E-state index contributed by atoms with van der Waals surface area (Å²) in [5.74, 6) is -1.54. The SMILES string of the molecule is CC(C)(CCNCc1ccc([N+](=O)[O-])cc1F)C(=O)O. The lowest BCUT2D eigenvalue weighted by atomic mass is 9.90.